The first-order valence-electron chi connectivity index (χ1n) is 9.39. The van der Waals surface area contributed by atoms with Gasteiger partial charge in [-0.1, -0.05) is 0 Å². The zero-order valence-corrected chi connectivity index (χ0v) is 16.2. The smallest absolute Gasteiger partial charge is 0.243 e. The van der Waals surface area contributed by atoms with Crippen LogP contribution < -0.4 is 14.8 Å². The SMILES string of the molecule is C[C@@H](C(=O)NC1CC1)N1CCN(S(=O)(=O)c2ccc3c(c2)OCCO3)CC1. The highest BCUT2D eigenvalue weighted by atomic mass is 32.2. The Balaban J connectivity index is 1.40. The molecule has 1 saturated carbocycles. The molecule has 3 aliphatic rings. The van der Waals surface area contributed by atoms with E-state index in [4.69, 9.17) is 9.47 Å². The summed E-state index contributed by atoms with van der Waals surface area (Å²) in [6.45, 7) is 4.54. The number of nitrogens with one attached hydrogen (secondary N) is 1. The predicted molar refractivity (Wildman–Crippen MR) is 98.4 cm³/mol. The van der Waals surface area contributed by atoms with E-state index < -0.39 is 10.0 Å². The third-order valence-corrected chi connectivity index (χ3v) is 7.17. The Morgan fingerprint density at radius 1 is 1.11 bits per heavy atom. The summed E-state index contributed by atoms with van der Waals surface area (Å²) >= 11 is 0. The number of sulfonamides is 1. The molecule has 1 aliphatic carbocycles. The maximum Gasteiger partial charge on any atom is 0.243 e. The number of benzene rings is 1. The first kappa shape index (κ1) is 18.5. The van der Waals surface area contributed by atoms with Gasteiger partial charge in [-0.25, -0.2) is 8.42 Å². The van der Waals surface area contributed by atoms with Gasteiger partial charge in [-0.05, 0) is 31.9 Å². The maximum atomic E-state index is 13.0. The normalized spacial score (nSPS) is 22.3. The summed E-state index contributed by atoms with van der Waals surface area (Å²) in [7, 11) is -3.60. The van der Waals surface area contributed by atoms with Gasteiger partial charge in [0.2, 0.25) is 15.9 Å². The average molecular weight is 395 g/mol. The van der Waals surface area contributed by atoms with Gasteiger partial charge in [-0.3, -0.25) is 9.69 Å². The first-order chi connectivity index (χ1) is 12.9. The Labute approximate surface area is 159 Å². The molecule has 1 aromatic carbocycles. The lowest BCUT2D eigenvalue weighted by Crippen LogP contribution is -2.55. The van der Waals surface area contributed by atoms with Crippen LogP contribution >= 0.6 is 0 Å². The predicted octanol–water partition coefficient (Wildman–Crippen LogP) is 0.431. The van der Waals surface area contributed by atoms with E-state index in [9.17, 15) is 13.2 Å². The Kier molecular flexibility index (Phi) is 5.00. The second kappa shape index (κ2) is 7.29. The molecule has 0 spiro atoms. The minimum absolute atomic E-state index is 0.0284. The van der Waals surface area contributed by atoms with E-state index in [1.807, 2.05) is 11.8 Å². The number of piperazine rings is 1. The standard InChI is InChI=1S/C18H25N3O5S/c1-13(18(22)19-14-2-3-14)20-6-8-21(9-7-20)27(23,24)15-4-5-16-17(12-15)26-11-10-25-16/h4-5,12-14H,2-3,6-11H2,1H3,(H,19,22)/t13-/m0/s1. The van der Waals surface area contributed by atoms with Crippen LogP contribution in [0.2, 0.25) is 0 Å². The number of carbonyl (C=O) groups is 1. The van der Waals surface area contributed by atoms with Crippen LogP contribution in [-0.4, -0.2) is 75.0 Å². The molecule has 4 rings (SSSR count). The van der Waals surface area contributed by atoms with E-state index in [1.165, 1.54) is 10.4 Å². The highest BCUT2D eigenvalue weighted by Crippen LogP contribution is 2.33. The lowest BCUT2D eigenvalue weighted by atomic mass is 10.2. The highest BCUT2D eigenvalue weighted by Gasteiger charge is 2.34. The van der Waals surface area contributed by atoms with Gasteiger partial charge in [0.1, 0.15) is 13.2 Å². The fraction of sp³-hybridized carbons (Fsp3) is 0.611. The molecule has 0 unspecified atom stereocenters. The van der Waals surface area contributed by atoms with Crippen molar-refractivity contribution in [2.24, 2.45) is 0 Å². The Hall–Kier alpha value is -1.84. The maximum absolute atomic E-state index is 13.0. The molecule has 0 aromatic heterocycles. The molecule has 9 heteroatoms. The van der Waals surface area contributed by atoms with Gasteiger partial charge < -0.3 is 14.8 Å². The van der Waals surface area contributed by atoms with Crippen LogP contribution in [0.1, 0.15) is 19.8 Å². The van der Waals surface area contributed by atoms with Crippen molar-refractivity contribution in [3.05, 3.63) is 18.2 Å². The van der Waals surface area contributed by atoms with Crippen LogP contribution in [0.15, 0.2) is 23.1 Å². The van der Waals surface area contributed by atoms with E-state index >= 15 is 0 Å². The van der Waals surface area contributed by atoms with E-state index in [1.54, 1.807) is 12.1 Å². The fourth-order valence-electron chi connectivity index (χ4n) is 3.38. The van der Waals surface area contributed by atoms with E-state index in [0.717, 1.165) is 12.8 Å². The number of carbonyl (C=O) groups excluding carboxylic acids is 1. The number of fused-ring (bicyclic) bond motifs is 1. The van der Waals surface area contributed by atoms with Gasteiger partial charge in [0, 0.05) is 38.3 Å². The van der Waals surface area contributed by atoms with Crippen molar-refractivity contribution in [1.82, 2.24) is 14.5 Å². The van der Waals surface area contributed by atoms with E-state index in [0.29, 0.717) is 56.9 Å². The van der Waals surface area contributed by atoms with Crippen LogP contribution in [-0.2, 0) is 14.8 Å². The second-order valence-corrected chi connectivity index (χ2v) is 9.14. The summed E-state index contributed by atoms with van der Waals surface area (Å²) in [5.74, 6) is 1.06. The van der Waals surface area contributed by atoms with Gasteiger partial charge in [-0.2, -0.15) is 4.31 Å². The molecule has 1 atom stereocenters. The van der Waals surface area contributed by atoms with Crippen LogP contribution in [0, 0.1) is 0 Å². The molecule has 8 nitrogen and oxygen atoms in total. The number of hydrogen-bond donors (Lipinski definition) is 1. The van der Waals surface area contributed by atoms with Crippen molar-refractivity contribution in [3.8, 4) is 11.5 Å². The zero-order chi connectivity index (χ0) is 19.0. The minimum Gasteiger partial charge on any atom is -0.486 e. The molecule has 2 fully saturated rings. The molecule has 1 amide bonds. The Morgan fingerprint density at radius 3 is 2.44 bits per heavy atom. The molecule has 0 bridgehead atoms. The topological polar surface area (TPSA) is 88.2 Å². The first-order valence-corrected chi connectivity index (χ1v) is 10.8. The minimum atomic E-state index is -3.60. The van der Waals surface area contributed by atoms with Crippen molar-refractivity contribution >= 4 is 15.9 Å². The van der Waals surface area contributed by atoms with Crippen molar-refractivity contribution in [2.75, 3.05) is 39.4 Å². The summed E-state index contributed by atoms with van der Waals surface area (Å²) in [5.41, 5.74) is 0. The summed E-state index contributed by atoms with van der Waals surface area (Å²) in [6, 6.07) is 4.81. The molecule has 148 valence electrons. The molecular weight excluding hydrogens is 370 g/mol. The molecule has 1 aromatic rings. The molecule has 2 aliphatic heterocycles. The van der Waals surface area contributed by atoms with Gasteiger partial charge in [-0.15, -0.1) is 0 Å². The number of nitrogens with zero attached hydrogens (tertiary/aromatic N) is 2. The molecule has 0 radical (unpaired) electrons. The lowest BCUT2D eigenvalue weighted by Gasteiger charge is -2.36. The largest absolute Gasteiger partial charge is 0.486 e. The molecule has 1 N–H and O–H groups in total. The van der Waals surface area contributed by atoms with Gasteiger partial charge in [0.15, 0.2) is 11.5 Å². The fourth-order valence-corrected chi connectivity index (χ4v) is 4.82. The summed E-state index contributed by atoms with van der Waals surface area (Å²) in [5, 5.41) is 3.01. The molecule has 27 heavy (non-hydrogen) atoms. The second-order valence-electron chi connectivity index (χ2n) is 7.20. The average Bonchev–Trinajstić information content (AvgIpc) is 3.51. The third-order valence-electron chi connectivity index (χ3n) is 5.28. The zero-order valence-electron chi connectivity index (χ0n) is 15.4. The summed E-state index contributed by atoms with van der Waals surface area (Å²) < 4.78 is 38.4. The number of rotatable bonds is 5. The van der Waals surface area contributed by atoms with Crippen molar-refractivity contribution < 1.29 is 22.7 Å². The van der Waals surface area contributed by atoms with Crippen molar-refractivity contribution in [3.63, 3.8) is 0 Å². The Bertz CT molecular complexity index is 816. The molecular formula is C18H25N3O5S. The van der Waals surface area contributed by atoms with Crippen molar-refractivity contribution in [2.45, 2.75) is 36.7 Å². The van der Waals surface area contributed by atoms with Crippen molar-refractivity contribution in [1.29, 1.82) is 0 Å². The van der Waals surface area contributed by atoms with Crippen LogP contribution in [0.5, 0.6) is 11.5 Å². The molecule has 1 saturated heterocycles. The van der Waals surface area contributed by atoms with Crippen LogP contribution in [0.25, 0.3) is 0 Å². The third kappa shape index (κ3) is 3.90. The van der Waals surface area contributed by atoms with Gasteiger partial charge in [0.25, 0.3) is 0 Å². The Morgan fingerprint density at radius 2 is 1.78 bits per heavy atom. The summed E-state index contributed by atoms with van der Waals surface area (Å²) in [6.07, 6.45) is 2.11. The lowest BCUT2D eigenvalue weighted by molar-refractivity contribution is -0.126. The monoisotopic (exact) mass is 395 g/mol. The number of ether oxygens (including phenoxy) is 2. The van der Waals surface area contributed by atoms with Gasteiger partial charge in [0.05, 0.1) is 10.9 Å². The number of amides is 1. The summed E-state index contributed by atoms with van der Waals surface area (Å²) in [4.78, 5) is 14.5. The van der Waals surface area contributed by atoms with Crippen LogP contribution in [0.3, 0.4) is 0 Å². The number of hydrogen-bond acceptors (Lipinski definition) is 6. The van der Waals surface area contributed by atoms with E-state index in [2.05, 4.69) is 5.32 Å². The molecule has 2 heterocycles. The highest BCUT2D eigenvalue weighted by molar-refractivity contribution is 7.89. The van der Waals surface area contributed by atoms with E-state index in [-0.39, 0.29) is 16.8 Å². The quantitative estimate of drug-likeness (QED) is 0.778. The van der Waals surface area contributed by atoms with Gasteiger partial charge >= 0.3 is 0 Å². The van der Waals surface area contributed by atoms with Crippen LogP contribution in [0.4, 0.5) is 0 Å².